The largest absolute Gasteiger partial charge is 0.206 e. The maximum Gasteiger partial charge on any atom is 0.194 e. The predicted octanol–water partition coefficient (Wildman–Crippen LogP) is 7.23. The summed E-state index contributed by atoms with van der Waals surface area (Å²) in [5.74, 6) is -1.98. The lowest BCUT2D eigenvalue weighted by Gasteiger charge is -2.41. The summed E-state index contributed by atoms with van der Waals surface area (Å²) < 4.78 is 54.8. The van der Waals surface area contributed by atoms with Crippen molar-refractivity contribution in [1.29, 1.82) is 0 Å². The van der Waals surface area contributed by atoms with Crippen LogP contribution >= 0.6 is 0 Å². The number of halogens is 4. The quantitative estimate of drug-likeness (QED) is 0.383. The van der Waals surface area contributed by atoms with Crippen molar-refractivity contribution < 1.29 is 17.6 Å². The van der Waals surface area contributed by atoms with Crippen molar-refractivity contribution in [2.45, 2.75) is 51.4 Å². The molecule has 2 saturated carbocycles. The van der Waals surface area contributed by atoms with Gasteiger partial charge in [-0.3, -0.25) is 0 Å². The molecule has 1 unspecified atom stereocenters. The van der Waals surface area contributed by atoms with Gasteiger partial charge in [0.1, 0.15) is 5.82 Å². The zero-order valence-electron chi connectivity index (χ0n) is 15.5. The molecule has 2 aromatic rings. The molecular formula is C23H24F4. The Morgan fingerprint density at radius 3 is 2.11 bits per heavy atom. The molecule has 4 rings (SSSR count). The maximum atomic E-state index is 14.7. The van der Waals surface area contributed by atoms with Crippen molar-refractivity contribution in [1.82, 2.24) is 0 Å². The van der Waals surface area contributed by atoms with Gasteiger partial charge in [-0.05, 0) is 85.1 Å². The summed E-state index contributed by atoms with van der Waals surface area (Å²) in [5, 5.41) is 0. The number of rotatable bonds is 2. The Morgan fingerprint density at radius 2 is 1.41 bits per heavy atom. The van der Waals surface area contributed by atoms with Gasteiger partial charge in [-0.15, -0.1) is 0 Å². The molecule has 4 heteroatoms. The lowest BCUT2D eigenvalue weighted by molar-refractivity contribution is 0.124. The molecule has 0 aromatic heterocycles. The molecule has 0 spiro atoms. The van der Waals surface area contributed by atoms with E-state index in [9.17, 15) is 17.6 Å². The second-order valence-electron chi connectivity index (χ2n) is 8.44. The van der Waals surface area contributed by atoms with Gasteiger partial charge in [0.2, 0.25) is 0 Å². The molecule has 0 aliphatic heterocycles. The molecule has 0 saturated heterocycles. The lowest BCUT2D eigenvalue weighted by Crippen LogP contribution is -2.29. The van der Waals surface area contributed by atoms with Gasteiger partial charge >= 0.3 is 0 Å². The first-order valence-electron chi connectivity index (χ1n) is 9.86. The zero-order chi connectivity index (χ0) is 19.1. The van der Waals surface area contributed by atoms with Gasteiger partial charge in [-0.25, -0.2) is 17.6 Å². The molecule has 2 fully saturated rings. The highest BCUT2D eigenvalue weighted by atomic mass is 19.2. The number of hydrogen-bond acceptors (Lipinski definition) is 0. The first-order valence-corrected chi connectivity index (χ1v) is 9.86. The van der Waals surface area contributed by atoms with Gasteiger partial charge in [0, 0.05) is 5.56 Å². The standard InChI is InChI=1S/C23H24F4/c1-13-2-3-15-9-16(5-4-14(15)8-13)17-6-7-19(20(24)10-17)18-11-21(25)23(27)22(26)12-18/h6-7,10-16H,2-5,8-9H2,1H3/t13?,14-,15-,16-/m1/s1. The van der Waals surface area contributed by atoms with Crippen LogP contribution in [0.2, 0.25) is 0 Å². The molecule has 0 nitrogen and oxygen atoms in total. The summed E-state index contributed by atoms with van der Waals surface area (Å²) in [4.78, 5) is 0. The van der Waals surface area contributed by atoms with E-state index in [0.717, 1.165) is 48.3 Å². The van der Waals surface area contributed by atoms with Crippen molar-refractivity contribution >= 4 is 0 Å². The fourth-order valence-corrected chi connectivity index (χ4v) is 5.16. The van der Waals surface area contributed by atoms with Crippen LogP contribution in [0.1, 0.15) is 56.9 Å². The molecule has 27 heavy (non-hydrogen) atoms. The Bertz CT molecular complexity index is 821. The summed E-state index contributed by atoms with van der Waals surface area (Å²) in [6, 6.07) is 6.58. The summed E-state index contributed by atoms with van der Waals surface area (Å²) in [5.41, 5.74) is 1.06. The minimum atomic E-state index is -1.53. The van der Waals surface area contributed by atoms with E-state index >= 15 is 0 Å². The monoisotopic (exact) mass is 376 g/mol. The molecule has 0 amide bonds. The van der Waals surface area contributed by atoms with Crippen LogP contribution in [0.5, 0.6) is 0 Å². The molecule has 2 aromatic carbocycles. The average molecular weight is 376 g/mol. The molecule has 0 bridgehead atoms. The Labute approximate surface area is 157 Å². The molecule has 2 aliphatic rings. The molecule has 144 valence electrons. The second-order valence-corrected chi connectivity index (χ2v) is 8.44. The van der Waals surface area contributed by atoms with Crippen LogP contribution in [0.25, 0.3) is 11.1 Å². The van der Waals surface area contributed by atoms with Gasteiger partial charge < -0.3 is 0 Å². The fourth-order valence-electron chi connectivity index (χ4n) is 5.16. The van der Waals surface area contributed by atoms with E-state index in [1.165, 1.54) is 31.7 Å². The summed E-state index contributed by atoms with van der Waals surface area (Å²) in [6.07, 6.45) is 7.20. The fraction of sp³-hybridized carbons (Fsp3) is 0.478. The second kappa shape index (κ2) is 7.29. The van der Waals surface area contributed by atoms with Crippen molar-refractivity contribution in [2.24, 2.45) is 17.8 Å². The highest BCUT2D eigenvalue weighted by Gasteiger charge is 2.35. The highest BCUT2D eigenvalue weighted by molar-refractivity contribution is 5.65. The smallest absolute Gasteiger partial charge is 0.194 e. The van der Waals surface area contributed by atoms with Crippen molar-refractivity contribution in [2.75, 3.05) is 0 Å². The SMILES string of the molecule is CC1CC[C@@H]2C[C@H](c3ccc(-c4cc(F)c(F)c(F)c4)c(F)c3)CC[C@@H]2C1. The third-order valence-corrected chi connectivity index (χ3v) is 6.63. The van der Waals surface area contributed by atoms with Gasteiger partial charge in [0.05, 0.1) is 0 Å². The van der Waals surface area contributed by atoms with Crippen molar-refractivity contribution in [3.8, 4) is 11.1 Å². The lowest BCUT2D eigenvalue weighted by atomic mass is 9.64. The molecule has 4 atom stereocenters. The highest BCUT2D eigenvalue weighted by Crippen LogP contribution is 2.47. The van der Waals surface area contributed by atoms with E-state index in [1.807, 2.05) is 6.07 Å². The summed E-state index contributed by atoms with van der Waals surface area (Å²) in [6.45, 7) is 2.33. The molecule has 0 N–H and O–H groups in total. The van der Waals surface area contributed by atoms with Gasteiger partial charge in [0.15, 0.2) is 17.5 Å². The number of benzene rings is 2. The number of hydrogen-bond donors (Lipinski definition) is 0. The Morgan fingerprint density at radius 1 is 0.741 bits per heavy atom. The minimum absolute atomic E-state index is 0.0143. The predicted molar refractivity (Wildman–Crippen MR) is 98.3 cm³/mol. The van der Waals surface area contributed by atoms with Crippen LogP contribution in [0.15, 0.2) is 30.3 Å². The summed E-state index contributed by atoms with van der Waals surface area (Å²) in [7, 11) is 0. The van der Waals surface area contributed by atoms with E-state index < -0.39 is 23.3 Å². The third-order valence-electron chi connectivity index (χ3n) is 6.63. The number of fused-ring (bicyclic) bond motifs is 1. The van der Waals surface area contributed by atoms with Gasteiger partial charge in [0.25, 0.3) is 0 Å². The van der Waals surface area contributed by atoms with Crippen molar-refractivity contribution in [3.63, 3.8) is 0 Å². The maximum absolute atomic E-state index is 14.7. The molecule has 0 radical (unpaired) electrons. The van der Waals surface area contributed by atoms with E-state index in [1.54, 1.807) is 6.07 Å². The molecular weight excluding hydrogens is 352 g/mol. The van der Waals surface area contributed by atoms with Crippen molar-refractivity contribution in [3.05, 3.63) is 59.2 Å². The van der Waals surface area contributed by atoms with Crippen LogP contribution in [0.4, 0.5) is 17.6 Å². The first-order chi connectivity index (χ1) is 12.9. The first kappa shape index (κ1) is 18.5. The topological polar surface area (TPSA) is 0 Å². The van der Waals surface area contributed by atoms with E-state index in [-0.39, 0.29) is 11.1 Å². The van der Waals surface area contributed by atoms with E-state index in [2.05, 4.69) is 6.92 Å². The van der Waals surface area contributed by atoms with E-state index in [0.29, 0.717) is 5.92 Å². The van der Waals surface area contributed by atoms with Crippen LogP contribution in [0.3, 0.4) is 0 Å². The van der Waals surface area contributed by atoms with Crippen LogP contribution < -0.4 is 0 Å². The zero-order valence-corrected chi connectivity index (χ0v) is 15.5. The van der Waals surface area contributed by atoms with Crippen LogP contribution in [-0.2, 0) is 0 Å². The third kappa shape index (κ3) is 3.63. The van der Waals surface area contributed by atoms with Crippen LogP contribution in [0, 0.1) is 41.0 Å². The Hall–Kier alpha value is -1.84. The Kier molecular flexibility index (Phi) is 5.00. The average Bonchev–Trinajstić information content (AvgIpc) is 2.65. The van der Waals surface area contributed by atoms with Crippen LogP contribution in [-0.4, -0.2) is 0 Å². The minimum Gasteiger partial charge on any atom is -0.206 e. The molecule has 2 aliphatic carbocycles. The normalized spacial score (nSPS) is 28.0. The van der Waals surface area contributed by atoms with Gasteiger partial charge in [-0.2, -0.15) is 0 Å². The summed E-state index contributed by atoms with van der Waals surface area (Å²) >= 11 is 0. The molecule has 0 heterocycles. The van der Waals surface area contributed by atoms with E-state index in [4.69, 9.17) is 0 Å². The van der Waals surface area contributed by atoms with Gasteiger partial charge in [-0.1, -0.05) is 25.5 Å². The Balaban J connectivity index is 1.56.